The molecule has 0 atom stereocenters. The van der Waals surface area contributed by atoms with E-state index in [0.29, 0.717) is 40.6 Å². The van der Waals surface area contributed by atoms with Crippen molar-refractivity contribution >= 4 is 22.5 Å². The Kier molecular flexibility index (Phi) is 6.80. The number of tetrazole rings is 1. The quantitative estimate of drug-likeness (QED) is 0.252. The minimum Gasteiger partial charge on any atom is -0.494 e. The van der Waals surface area contributed by atoms with E-state index in [1.807, 2.05) is 0 Å². The monoisotopic (exact) mass is 462 g/mol. The molecular formula is C19H20N5O7S+. The number of hydrogen-bond donors (Lipinski definition) is 2. The maximum atomic E-state index is 12.1. The number of carbonyl (C=O) groups excluding carboxylic acids is 2. The molecule has 0 saturated heterocycles. The summed E-state index contributed by atoms with van der Waals surface area (Å²) >= 11 is 0. The van der Waals surface area contributed by atoms with Gasteiger partial charge in [-0.1, -0.05) is 4.80 Å². The Labute approximate surface area is 183 Å². The van der Waals surface area contributed by atoms with Crippen LogP contribution in [-0.2, 0) is 22.0 Å². The number of amides is 1. The van der Waals surface area contributed by atoms with Gasteiger partial charge in [-0.25, -0.2) is 0 Å². The SMILES string of the molecule is COc1cc(OC=O)ccc1-n1nc(-c2ccc(C(=O)NCCS(=O)(=O)O)cc2)n[n+]1C. The first-order valence-electron chi connectivity index (χ1n) is 9.18. The molecule has 2 aromatic carbocycles. The van der Waals surface area contributed by atoms with Gasteiger partial charge < -0.3 is 14.8 Å². The summed E-state index contributed by atoms with van der Waals surface area (Å²) in [7, 11) is -0.991. The molecule has 1 heterocycles. The first-order chi connectivity index (χ1) is 15.2. The van der Waals surface area contributed by atoms with Crippen LogP contribution in [0, 0.1) is 0 Å². The second-order valence-corrected chi connectivity index (χ2v) is 8.04. The van der Waals surface area contributed by atoms with Crippen molar-refractivity contribution in [2.75, 3.05) is 19.4 Å². The van der Waals surface area contributed by atoms with Gasteiger partial charge in [-0.2, -0.15) is 8.42 Å². The molecule has 3 aromatic rings. The van der Waals surface area contributed by atoms with Crippen molar-refractivity contribution in [2.45, 2.75) is 0 Å². The van der Waals surface area contributed by atoms with Crippen LogP contribution in [0.3, 0.4) is 0 Å². The molecule has 0 bridgehead atoms. The molecule has 13 heteroatoms. The number of rotatable bonds is 9. The van der Waals surface area contributed by atoms with E-state index >= 15 is 0 Å². The molecule has 12 nitrogen and oxygen atoms in total. The van der Waals surface area contributed by atoms with Crippen molar-refractivity contribution in [2.24, 2.45) is 7.05 Å². The van der Waals surface area contributed by atoms with E-state index in [1.54, 1.807) is 49.5 Å². The number of aryl methyl sites for hydroxylation is 1. The summed E-state index contributed by atoms with van der Waals surface area (Å²) in [6.07, 6.45) is 0. The topological polar surface area (TPSA) is 154 Å². The summed E-state index contributed by atoms with van der Waals surface area (Å²) in [6.45, 7) is 0.111. The third-order valence-electron chi connectivity index (χ3n) is 4.30. The molecule has 0 aliphatic rings. The fourth-order valence-electron chi connectivity index (χ4n) is 2.80. The van der Waals surface area contributed by atoms with Crippen molar-refractivity contribution in [1.29, 1.82) is 0 Å². The molecule has 0 fully saturated rings. The van der Waals surface area contributed by atoms with Crippen molar-refractivity contribution < 1.29 is 36.8 Å². The fourth-order valence-corrected chi connectivity index (χ4v) is 3.16. The minimum atomic E-state index is -4.15. The van der Waals surface area contributed by atoms with Gasteiger partial charge in [-0.15, -0.1) is 0 Å². The third kappa shape index (κ3) is 5.44. The predicted molar refractivity (Wildman–Crippen MR) is 110 cm³/mol. The highest BCUT2D eigenvalue weighted by molar-refractivity contribution is 7.85. The van der Waals surface area contributed by atoms with E-state index in [9.17, 15) is 18.0 Å². The largest absolute Gasteiger partial charge is 0.494 e. The van der Waals surface area contributed by atoms with Gasteiger partial charge in [0.1, 0.15) is 12.8 Å². The van der Waals surface area contributed by atoms with Crippen LogP contribution in [0.15, 0.2) is 42.5 Å². The average molecular weight is 462 g/mol. The average Bonchev–Trinajstić information content (AvgIpc) is 3.14. The van der Waals surface area contributed by atoms with Gasteiger partial charge in [0.15, 0.2) is 11.4 Å². The number of nitrogens with one attached hydrogen (secondary N) is 1. The first-order valence-corrected chi connectivity index (χ1v) is 10.8. The molecule has 1 amide bonds. The van der Waals surface area contributed by atoms with Gasteiger partial charge >= 0.3 is 5.82 Å². The zero-order valence-corrected chi connectivity index (χ0v) is 17.9. The molecule has 0 aliphatic carbocycles. The van der Waals surface area contributed by atoms with Crippen molar-refractivity contribution in [3.8, 4) is 28.6 Å². The lowest BCUT2D eigenvalue weighted by atomic mass is 10.1. The maximum absolute atomic E-state index is 12.1. The highest BCUT2D eigenvalue weighted by Gasteiger charge is 2.22. The predicted octanol–water partition coefficient (Wildman–Crippen LogP) is -0.0798. The Morgan fingerprint density at radius 1 is 1.25 bits per heavy atom. The van der Waals surface area contributed by atoms with Crippen LogP contribution in [-0.4, -0.2) is 59.8 Å². The van der Waals surface area contributed by atoms with Crippen molar-refractivity contribution in [3.63, 3.8) is 0 Å². The normalized spacial score (nSPS) is 11.1. The van der Waals surface area contributed by atoms with Crippen LogP contribution in [0.4, 0.5) is 0 Å². The second kappa shape index (κ2) is 9.53. The number of hydrogen-bond acceptors (Lipinski definition) is 8. The smallest absolute Gasteiger partial charge is 0.339 e. The van der Waals surface area contributed by atoms with Crippen LogP contribution >= 0.6 is 0 Å². The Hall–Kier alpha value is -3.84. The molecule has 0 spiro atoms. The van der Waals surface area contributed by atoms with E-state index in [-0.39, 0.29) is 6.54 Å². The Bertz CT molecular complexity index is 1240. The molecule has 168 valence electrons. The van der Waals surface area contributed by atoms with E-state index in [0.717, 1.165) is 0 Å². The summed E-state index contributed by atoms with van der Waals surface area (Å²) < 4.78 is 40.4. The number of aromatic nitrogens is 4. The van der Waals surface area contributed by atoms with Gasteiger partial charge in [-0.3, -0.25) is 14.1 Å². The summed E-state index contributed by atoms with van der Waals surface area (Å²) in [5.74, 6) is 0.0514. The fraction of sp³-hybridized carbons (Fsp3) is 0.211. The van der Waals surface area contributed by atoms with Crippen LogP contribution in [0.25, 0.3) is 17.1 Å². The van der Waals surface area contributed by atoms with Gasteiger partial charge in [0.25, 0.3) is 22.5 Å². The zero-order valence-electron chi connectivity index (χ0n) is 17.1. The highest BCUT2D eigenvalue weighted by atomic mass is 32.2. The summed E-state index contributed by atoms with van der Waals surface area (Å²) in [6, 6.07) is 11.2. The van der Waals surface area contributed by atoms with Crippen LogP contribution < -0.4 is 19.6 Å². The van der Waals surface area contributed by atoms with Crippen LogP contribution in [0.2, 0.25) is 0 Å². The first kappa shape index (κ1) is 22.8. The van der Waals surface area contributed by atoms with Gasteiger partial charge in [0, 0.05) is 23.0 Å². The number of ether oxygens (including phenoxy) is 2. The molecule has 0 radical (unpaired) electrons. The number of benzene rings is 2. The molecule has 2 N–H and O–H groups in total. The summed E-state index contributed by atoms with van der Waals surface area (Å²) in [4.78, 5) is 25.6. The van der Waals surface area contributed by atoms with Crippen molar-refractivity contribution in [1.82, 2.24) is 20.3 Å². The molecule has 0 aliphatic heterocycles. The van der Waals surface area contributed by atoms with E-state index < -0.39 is 21.8 Å². The lowest BCUT2D eigenvalue weighted by molar-refractivity contribution is -0.800. The molecule has 32 heavy (non-hydrogen) atoms. The Morgan fingerprint density at radius 2 is 1.97 bits per heavy atom. The number of carbonyl (C=O) groups is 2. The third-order valence-corrected chi connectivity index (χ3v) is 5.02. The van der Waals surface area contributed by atoms with E-state index in [1.165, 1.54) is 16.7 Å². The summed E-state index contributed by atoms with van der Waals surface area (Å²) in [5.41, 5.74) is 1.50. The molecule has 3 rings (SSSR count). The van der Waals surface area contributed by atoms with E-state index in [4.69, 9.17) is 14.0 Å². The zero-order chi connectivity index (χ0) is 23.3. The summed E-state index contributed by atoms with van der Waals surface area (Å²) in [5, 5.41) is 11.3. The molecule has 1 aromatic heterocycles. The van der Waals surface area contributed by atoms with Crippen LogP contribution in [0.5, 0.6) is 11.5 Å². The highest BCUT2D eigenvalue weighted by Crippen LogP contribution is 2.27. The van der Waals surface area contributed by atoms with Gasteiger partial charge in [-0.05, 0) is 41.5 Å². The standard InChI is InChI=1S/C19H19N5O7S/c1-23-21-18(22-24(23)16-8-7-15(31-12-25)11-17(16)30-2)13-3-5-14(6-4-13)19(26)20-9-10-32(27,28)29/h3-8,11-12H,9-10H2,1-2H3,(H-,20,26,27,28,29)/p+1. The Balaban J connectivity index is 1.80. The number of methoxy groups -OCH3 is 1. The lowest BCUT2D eigenvalue weighted by Crippen LogP contribution is -2.41. The molecule has 0 unspecified atom stereocenters. The Morgan fingerprint density at radius 3 is 2.59 bits per heavy atom. The van der Waals surface area contributed by atoms with Gasteiger partial charge in [0.05, 0.1) is 23.5 Å². The minimum absolute atomic E-state index is 0.209. The second-order valence-electron chi connectivity index (χ2n) is 6.47. The van der Waals surface area contributed by atoms with Crippen LogP contribution in [0.1, 0.15) is 10.4 Å². The number of nitrogens with zero attached hydrogens (tertiary/aromatic N) is 4. The van der Waals surface area contributed by atoms with E-state index in [2.05, 4.69) is 15.5 Å². The van der Waals surface area contributed by atoms with Gasteiger partial charge in [0.2, 0.25) is 0 Å². The maximum Gasteiger partial charge on any atom is 0.339 e. The molecular weight excluding hydrogens is 442 g/mol. The molecule has 0 saturated carbocycles. The lowest BCUT2D eigenvalue weighted by Gasteiger charge is -2.06. The van der Waals surface area contributed by atoms with Crippen molar-refractivity contribution in [3.05, 3.63) is 48.0 Å².